The summed E-state index contributed by atoms with van der Waals surface area (Å²) in [6, 6.07) is 2.16. The van der Waals surface area contributed by atoms with Crippen LogP contribution >= 0.6 is 15.9 Å². The molecular weight excluding hydrogens is 228 g/mol. The molecule has 0 N–H and O–H groups in total. The summed E-state index contributed by atoms with van der Waals surface area (Å²) in [5, 5.41) is 4.32. The number of aromatic nitrogens is 2. The molecule has 1 aromatic heterocycles. The molecule has 1 heterocycles. The van der Waals surface area contributed by atoms with Crippen molar-refractivity contribution in [1.29, 1.82) is 0 Å². The van der Waals surface area contributed by atoms with Crippen molar-refractivity contribution in [2.45, 2.75) is 37.9 Å². The van der Waals surface area contributed by atoms with Gasteiger partial charge in [-0.2, -0.15) is 5.10 Å². The summed E-state index contributed by atoms with van der Waals surface area (Å²) in [6.45, 7) is 4.24. The second kappa shape index (κ2) is 4.80. The Morgan fingerprint density at radius 1 is 1.62 bits per heavy atom. The molecule has 0 fully saturated rings. The molecule has 0 radical (unpaired) electrons. The predicted octanol–water partition coefficient (Wildman–Crippen LogP) is 2.83. The average molecular weight is 245 g/mol. The van der Waals surface area contributed by atoms with Gasteiger partial charge in [-0.05, 0) is 32.3 Å². The number of hydrogen-bond donors (Lipinski definition) is 0. The van der Waals surface area contributed by atoms with Gasteiger partial charge in [-0.25, -0.2) is 0 Å². The number of nitrogens with zero attached hydrogens (tertiary/aromatic N) is 2. The molecule has 0 aliphatic carbocycles. The van der Waals surface area contributed by atoms with E-state index in [0.29, 0.717) is 4.83 Å². The molecule has 0 amide bonds. The minimum atomic E-state index is 0.641. The van der Waals surface area contributed by atoms with Gasteiger partial charge in [0.1, 0.15) is 0 Å². The van der Waals surface area contributed by atoms with Crippen LogP contribution in [0.15, 0.2) is 6.07 Å². The van der Waals surface area contributed by atoms with Crippen molar-refractivity contribution in [3.05, 3.63) is 17.5 Å². The molecule has 0 aliphatic rings. The maximum atomic E-state index is 4.32. The van der Waals surface area contributed by atoms with Crippen LogP contribution in [0.5, 0.6) is 0 Å². The number of rotatable bonds is 4. The van der Waals surface area contributed by atoms with Crippen LogP contribution in [0.2, 0.25) is 0 Å². The van der Waals surface area contributed by atoms with Crippen LogP contribution in [0.3, 0.4) is 0 Å². The van der Waals surface area contributed by atoms with Crippen molar-refractivity contribution in [2.24, 2.45) is 7.05 Å². The standard InChI is InChI=1S/C10H17BrN2/c1-4-9(11)5-6-10-7-8(2)12-13(10)3/h7,9H,4-6H2,1-3H3. The van der Waals surface area contributed by atoms with Gasteiger partial charge in [-0.3, -0.25) is 4.68 Å². The lowest BCUT2D eigenvalue weighted by molar-refractivity contribution is 0.663. The second-order valence-electron chi connectivity index (χ2n) is 3.44. The first-order valence-corrected chi connectivity index (χ1v) is 5.68. The van der Waals surface area contributed by atoms with Crippen molar-refractivity contribution >= 4 is 15.9 Å². The third kappa shape index (κ3) is 3.14. The van der Waals surface area contributed by atoms with Crippen molar-refractivity contribution in [2.75, 3.05) is 0 Å². The molecule has 1 unspecified atom stereocenters. The summed E-state index contributed by atoms with van der Waals surface area (Å²) in [4.78, 5) is 0.641. The summed E-state index contributed by atoms with van der Waals surface area (Å²) in [5.74, 6) is 0. The van der Waals surface area contributed by atoms with Crippen LogP contribution in [0, 0.1) is 6.92 Å². The van der Waals surface area contributed by atoms with E-state index >= 15 is 0 Å². The average Bonchev–Trinajstić information content (AvgIpc) is 2.41. The molecule has 0 spiro atoms. The zero-order valence-electron chi connectivity index (χ0n) is 8.55. The first kappa shape index (κ1) is 10.8. The maximum Gasteiger partial charge on any atom is 0.0596 e. The van der Waals surface area contributed by atoms with E-state index < -0.39 is 0 Å². The topological polar surface area (TPSA) is 17.8 Å². The lowest BCUT2D eigenvalue weighted by Crippen LogP contribution is -2.02. The highest BCUT2D eigenvalue weighted by Crippen LogP contribution is 2.13. The quantitative estimate of drug-likeness (QED) is 0.746. The highest BCUT2D eigenvalue weighted by Gasteiger charge is 2.05. The second-order valence-corrected chi connectivity index (χ2v) is 4.74. The van der Waals surface area contributed by atoms with Crippen LogP contribution in [-0.4, -0.2) is 14.6 Å². The summed E-state index contributed by atoms with van der Waals surface area (Å²) >= 11 is 3.64. The first-order valence-electron chi connectivity index (χ1n) is 4.77. The van der Waals surface area contributed by atoms with E-state index in [9.17, 15) is 0 Å². The Labute approximate surface area is 88.5 Å². The fraction of sp³-hybridized carbons (Fsp3) is 0.700. The van der Waals surface area contributed by atoms with Crippen molar-refractivity contribution in [1.82, 2.24) is 9.78 Å². The van der Waals surface area contributed by atoms with E-state index in [-0.39, 0.29) is 0 Å². The smallest absolute Gasteiger partial charge is 0.0596 e. The van der Waals surface area contributed by atoms with E-state index in [4.69, 9.17) is 0 Å². The van der Waals surface area contributed by atoms with Crippen LogP contribution in [0.25, 0.3) is 0 Å². The van der Waals surface area contributed by atoms with Gasteiger partial charge >= 0.3 is 0 Å². The molecule has 0 bridgehead atoms. The zero-order chi connectivity index (χ0) is 9.84. The fourth-order valence-corrected chi connectivity index (χ4v) is 1.64. The zero-order valence-corrected chi connectivity index (χ0v) is 10.1. The van der Waals surface area contributed by atoms with E-state index in [1.165, 1.54) is 18.5 Å². The normalized spacial score (nSPS) is 13.2. The maximum absolute atomic E-state index is 4.32. The lowest BCUT2D eigenvalue weighted by atomic mass is 10.1. The lowest BCUT2D eigenvalue weighted by Gasteiger charge is -2.05. The van der Waals surface area contributed by atoms with Crippen LogP contribution in [0.1, 0.15) is 31.2 Å². The molecule has 1 rings (SSSR count). The van der Waals surface area contributed by atoms with Crippen molar-refractivity contribution < 1.29 is 0 Å². The number of aryl methyl sites for hydroxylation is 3. The highest BCUT2D eigenvalue weighted by atomic mass is 79.9. The van der Waals surface area contributed by atoms with Gasteiger partial charge in [0.25, 0.3) is 0 Å². The van der Waals surface area contributed by atoms with Crippen LogP contribution in [0.4, 0.5) is 0 Å². The Morgan fingerprint density at radius 2 is 2.31 bits per heavy atom. The van der Waals surface area contributed by atoms with Crippen molar-refractivity contribution in [3.63, 3.8) is 0 Å². The molecular formula is C10H17BrN2. The molecule has 74 valence electrons. The molecule has 1 aromatic rings. The molecule has 0 saturated carbocycles. The Bertz CT molecular complexity index is 268. The summed E-state index contributed by atoms with van der Waals surface area (Å²) in [6.07, 6.45) is 3.49. The molecule has 0 aromatic carbocycles. The number of hydrogen-bond acceptors (Lipinski definition) is 1. The Balaban J connectivity index is 2.49. The number of halogens is 1. The third-order valence-electron chi connectivity index (χ3n) is 2.26. The summed E-state index contributed by atoms with van der Waals surface area (Å²) in [5.41, 5.74) is 2.44. The molecule has 0 saturated heterocycles. The molecule has 2 nitrogen and oxygen atoms in total. The first-order chi connectivity index (χ1) is 6.13. The molecule has 0 aliphatic heterocycles. The third-order valence-corrected chi connectivity index (χ3v) is 3.36. The largest absolute Gasteiger partial charge is 0.272 e. The van der Waals surface area contributed by atoms with Gasteiger partial charge < -0.3 is 0 Å². The van der Waals surface area contributed by atoms with E-state index in [1.54, 1.807) is 0 Å². The minimum absolute atomic E-state index is 0.641. The van der Waals surface area contributed by atoms with E-state index in [1.807, 2.05) is 18.7 Å². The van der Waals surface area contributed by atoms with Gasteiger partial charge in [0.15, 0.2) is 0 Å². The summed E-state index contributed by atoms with van der Waals surface area (Å²) in [7, 11) is 2.01. The van der Waals surface area contributed by atoms with Gasteiger partial charge in [0.2, 0.25) is 0 Å². The Hall–Kier alpha value is -0.310. The monoisotopic (exact) mass is 244 g/mol. The van der Waals surface area contributed by atoms with E-state index in [0.717, 1.165) is 12.1 Å². The van der Waals surface area contributed by atoms with Crippen molar-refractivity contribution in [3.8, 4) is 0 Å². The summed E-state index contributed by atoms with van der Waals surface area (Å²) < 4.78 is 1.98. The fourth-order valence-electron chi connectivity index (χ4n) is 1.41. The number of alkyl halides is 1. The van der Waals surface area contributed by atoms with Crippen LogP contribution in [-0.2, 0) is 13.5 Å². The SMILES string of the molecule is CCC(Br)CCc1cc(C)nn1C. The molecule has 1 atom stereocenters. The van der Waals surface area contributed by atoms with Gasteiger partial charge in [-0.15, -0.1) is 0 Å². The Kier molecular flexibility index (Phi) is 3.97. The predicted molar refractivity (Wildman–Crippen MR) is 59.3 cm³/mol. The van der Waals surface area contributed by atoms with Gasteiger partial charge in [-0.1, -0.05) is 22.9 Å². The highest BCUT2D eigenvalue weighted by molar-refractivity contribution is 9.09. The van der Waals surface area contributed by atoms with Gasteiger partial charge in [0, 0.05) is 17.6 Å². The molecule has 3 heteroatoms. The van der Waals surface area contributed by atoms with Gasteiger partial charge in [0.05, 0.1) is 5.69 Å². The molecule has 13 heavy (non-hydrogen) atoms. The Morgan fingerprint density at radius 3 is 2.77 bits per heavy atom. The van der Waals surface area contributed by atoms with E-state index in [2.05, 4.69) is 34.0 Å². The van der Waals surface area contributed by atoms with Crippen LogP contribution < -0.4 is 0 Å². The minimum Gasteiger partial charge on any atom is -0.272 e.